The van der Waals surface area contributed by atoms with Gasteiger partial charge in [-0.25, -0.2) is 0 Å². The van der Waals surface area contributed by atoms with Gasteiger partial charge in [-0.05, 0) is 50.1 Å². The normalized spacial score (nSPS) is 24.7. The van der Waals surface area contributed by atoms with Gasteiger partial charge in [-0.15, -0.1) is 0 Å². The Labute approximate surface area is 188 Å². The van der Waals surface area contributed by atoms with Crippen LogP contribution in [0.4, 0.5) is 0 Å². The summed E-state index contributed by atoms with van der Waals surface area (Å²) in [5.41, 5.74) is 1.35. The van der Waals surface area contributed by atoms with E-state index in [0.717, 1.165) is 5.56 Å². The number of likely N-dealkylation sites (N-methyl/N-ethyl adjacent to an activating group) is 1. The zero-order chi connectivity index (χ0) is 22.7. The van der Waals surface area contributed by atoms with Crippen molar-refractivity contribution in [1.29, 1.82) is 0 Å². The van der Waals surface area contributed by atoms with E-state index in [1.165, 1.54) is 4.90 Å². The lowest BCUT2D eigenvalue weighted by atomic mass is 10.0. The highest BCUT2D eigenvalue weighted by Gasteiger charge is 2.28. The Kier molecular flexibility index (Phi) is 6.35. The predicted molar refractivity (Wildman–Crippen MR) is 120 cm³/mol. The number of benzene rings is 2. The van der Waals surface area contributed by atoms with Crippen molar-refractivity contribution in [3.8, 4) is 17.2 Å². The molecule has 0 aromatic heterocycles. The van der Waals surface area contributed by atoms with Gasteiger partial charge in [0, 0.05) is 13.5 Å². The van der Waals surface area contributed by atoms with Gasteiger partial charge >= 0.3 is 0 Å². The maximum Gasteiger partial charge on any atom is 0.258 e. The van der Waals surface area contributed by atoms with Gasteiger partial charge in [0.05, 0.1) is 17.7 Å². The maximum atomic E-state index is 13.2. The molecule has 168 valence electrons. The van der Waals surface area contributed by atoms with E-state index in [1.54, 1.807) is 32.2 Å². The fraction of sp³-hybridized carbons (Fsp3) is 0.360. The summed E-state index contributed by atoms with van der Waals surface area (Å²) in [5.74, 6) is 1.38. The van der Waals surface area contributed by atoms with Crippen molar-refractivity contribution >= 4 is 11.8 Å². The molecule has 7 heteroatoms. The first-order valence-corrected chi connectivity index (χ1v) is 10.8. The first-order valence-electron chi connectivity index (χ1n) is 10.8. The maximum absolute atomic E-state index is 13.2. The van der Waals surface area contributed by atoms with Gasteiger partial charge in [-0.2, -0.15) is 0 Å². The first-order chi connectivity index (χ1) is 15.4. The summed E-state index contributed by atoms with van der Waals surface area (Å²) >= 11 is 0. The standard InChI is InChI=1S/C25H28N2O5/c1-16-8-4-6-10-20(18-12-13-22-23(14-18)31-15-30-22)26-24(28)17(2)27(3)25(29)19-9-5-7-11-21(19)32-16/h4-7,9,11-14,16-17,20H,8,10,15H2,1-3H3,(H,26,28)/b6-4+/t16-,17+,20-/m0/s1. The van der Waals surface area contributed by atoms with Crippen LogP contribution in [0.3, 0.4) is 0 Å². The highest BCUT2D eigenvalue weighted by Crippen LogP contribution is 2.35. The lowest BCUT2D eigenvalue weighted by molar-refractivity contribution is -0.125. The number of ether oxygens (including phenoxy) is 3. The summed E-state index contributed by atoms with van der Waals surface area (Å²) in [6.07, 6.45) is 5.26. The van der Waals surface area contributed by atoms with Crippen molar-refractivity contribution in [2.24, 2.45) is 0 Å². The number of carbonyl (C=O) groups excluding carboxylic acids is 2. The summed E-state index contributed by atoms with van der Waals surface area (Å²) in [7, 11) is 1.63. The number of rotatable bonds is 1. The third-order valence-electron chi connectivity index (χ3n) is 5.85. The molecule has 3 atom stereocenters. The van der Waals surface area contributed by atoms with Gasteiger partial charge in [0.1, 0.15) is 11.8 Å². The molecule has 2 heterocycles. The number of fused-ring (bicyclic) bond motifs is 2. The Morgan fingerprint density at radius 1 is 0.938 bits per heavy atom. The van der Waals surface area contributed by atoms with Crippen molar-refractivity contribution in [2.45, 2.75) is 44.9 Å². The van der Waals surface area contributed by atoms with E-state index in [0.29, 0.717) is 35.7 Å². The summed E-state index contributed by atoms with van der Waals surface area (Å²) in [4.78, 5) is 27.7. The van der Waals surface area contributed by atoms with E-state index in [4.69, 9.17) is 14.2 Å². The van der Waals surface area contributed by atoms with Crippen LogP contribution in [0.1, 0.15) is 48.7 Å². The molecule has 0 spiro atoms. The first kappa shape index (κ1) is 21.7. The van der Waals surface area contributed by atoms with E-state index < -0.39 is 6.04 Å². The largest absolute Gasteiger partial charge is 0.490 e. The van der Waals surface area contributed by atoms with E-state index in [9.17, 15) is 9.59 Å². The molecule has 0 radical (unpaired) electrons. The Hall–Kier alpha value is -3.48. The minimum atomic E-state index is -0.670. The second-order valence-corrected chi connectivity index (χ2v) is 8.13. The molecule has 2 aromatic rings. The van der Waals surface area contributed by atoms with Crippen molar-refractivity contribution in [1.82, 2.24) is 10.2 Å². The van der Waals surface area contributed by atoms with Crippen LogP contribution in [0.25, 0.3) is 0 Å². The van der Waals surface area contributed by atoms with Crippen molar-refractivity contribution < 1.29 is 23.8 Å². The van der Waals surface area contributed by atoms with Crippen LogP contribution in [0.5, 0.6) is 17.2 Å². The number of nitrogens with one attached hydrogen (secondary N) is 1. The molecule has 7 nitrogen and oxygen atoms in total. The number of para-hydroxylation sites is 1. The molecule has 2 aromatic carbocycles. The topological polar surface area (TPSA) is 77.1 Å². The van der Waals surface area contributed by atoms with Crippen molar-refractivity contribution in [2.75, 3.05) is 13.8 Å². The second kappa shape index (κ2) is 9.34. The Morgan fingerprint density at radius 3 is 2.53 bits per heavy atom. The van der Waals surface area contributed by atoms with Gasteiger partial charge in [-0.1, -0.05) is 30.4 Å². The number of hydrogen-bond acceptors (Lipinski definition) is 5. The van der Waals surface area contributed by atoms with Crippen LogP contribution in [0, 0.1) is 0 Å². The molecule has 1 N–H and O–H groups in total. The zero-order valence-corrected chi connectivity index (χ0v) is 18.5. The predicted octanol–water partition coefficient (Wildman–Crippen LogP) is 3.85. The van der Waals surface area contributed by atoms with Crippen molar-refractivity contribution in [3.05, 3.63) is 65.7 Å². The number of carbonyl (C=O) groups is 2. The molecule has 2 amide bonds. The van der Waals surface area contributed by atoms with E-state index in [2.05, 4.69) is 5.32 Å². The number of hydrogen-bond donors (Lipinski definition) is 1. The molecule has 0 unspecified atom stereocenters. The third-order valence-corrected chi connectivity index (χ3v) is 5.85. The minimum absolute atomic E-state index is 0.107. The van der Waals surface area contributed by atoms with Gasteiger partial charge in [0.25, 0.3) is 5.91 Å². The van der Waals surface area contributed by atoms with Crippen molar-refractivity contribution in [3.63, 3.8) is 0 Å². The molecule has 0 saturated heterocycles. The lowest BCUT2D eigenvalue weighted by Crippen LogP contribution is -2.47. The molecule has 0 fully saturated rings. The van der Waals surface area contributed by atoms with Crippen LogP contribution < -0.4 is 19.5 Å². The van der Waals surface area contributed by atoms with E-state index in [-0.39, 0.29) is 30.8 Å². The molecule has 0 saturated carbocycles. The van der Waals surface area contributed by atoms with E-state index >= 15 is 0 Å². The quantitative estimate of drug-likeness (QED) is 0.687. The SMILES string of the molecule is C[C@@H]1C(=O)N[C@H](c2ccc3c(c2)OCO3)C/C=C/C[C@H](C)Oc2ccccc2C(=O)N1C. The molecule has 0 aliphatic carbocycles. The van der Waals surface area contributed by atoms with Crippen LogP contribution in [-0.4, -0.2) is 42.7 Å². The smallest absolute Gasteiger partial charge is 0.258 e. The van der Waals surface area contributed by atoms with Gasteiger partial charge in [0.2, 0.25) is 12.7 Å². The molecular formula is C25H28N2O5. The highest BCUT2D eigenvalue weighted by molar-refractivity contribution is 5.99. The van der Waals surface area contributed by atoms with Gasteiger partial charge < -0.3 is 24.4 Å². The zero-order valence-electron chi connectivity index (χ0n) is 18.5. The van der Waals surface area contributed by atoms with Crippen LogP contribution in [0.2, 0.25) is 0 Å². The summed E-state index contributed by atoms with van der Waals surface area (Å²) in [6.45, 7) is 3.89. The second-order valence-electron chi connectivity index (χ2n) is 8.13. The number of amides is 2. The lowest BCUT2D eigenvalue weighted by Gasteiger charge is -2.28. The fourth-order valence-electron chi connectivity index (χ4n) is 3.77. The van der Waals surface area contributed by atoms with E-state index in [1.807, 2.05) is 43.3 Å². The Balaban J connectivity index is 1.64. The summed E-state index contributed by atoms with van der Waals surface area (Å²) in [6, 6.07) is 11.9. The molecule has 2 aliphatic heterocycles. The van der Waals surface area contributed by atoms with Crippen LogP contribution in [0.15, 0.2) is 54.6 Å². The molecular weight excluding hydrogens is 408 g/mol. The molecule has 2 aliphatic rings. The molecule has 4 rings (SSSR count). The van der Waals surface area contributed by atoms with Crippen LogP contribution in [-0.2, 0) is 4.79 Å². The Morgan fingerprint density at radius 2 is 1.69 bits per heavy atom. The summed E-state index contributed by atoms with van der Waals surface area (Å²) in [5, 5.41) is 3.10. The monoisotopic (exact) mass is 436 g/mol. The molecule has 32 heavy (non-hydrogen) atoms. The molecule has 0 bridgehead atoms. The third kappa shape index (κ3) is 4.56. The summed E-state index contributed by atoms with van der Waals surface area (Å²) < 4.78 is 17.0. The van der Waals surface area contributed by atoms with Crippen LogP contribution >= 0.6 is 0 Å². The minimum Gasteiger partial charge on any atom is -0.490 e. The Bertz CT molecular complexity index is 1030. The van der Waals surface area contributed by atoms with Gasteiger partial charge in [-0.3, -0.25) is 9.59 Å². The van der Waals surface area contributed by atoms with Gasteiger partial charge in [0.15, 0.2) is 11.5 Å². The fourth-order valence-corrected chi connectivity index (χ4v) is 3.77. The average molecular weight is 437 g/mol. The average Bonchev–Trinajstić information content (AvgIpc) is 3.27. The highest BCUT2D eigenvalue weighted by atomic mass is 16.7. The number of nitrogens with zero attached hydrogens (tertiary/aromatic N) is 1.